The Bertz CT molecular complexity index is 1700. The summed E-state index contributed by atoms with van der Waals surface area (Å²) >= 11 is 0. The number of Topliss-reactive ketones (excluding diaryl/α,β-unsaturated/α-hetero) is 1. The summed E-state index contributed by atoms with van der Waals surface area (Å²) in [6.45, 7) is 11.8. The molecule has 0 radical (unpaired) electrons. The lowest BCUT2D eigenvalue weighted by atomic mass is 9.85. The Morgan fingerprint density at radius 1 is 0.883 bits per heavy atom. The van der Waals surface area contributed by atoms with Gasteiger partial charge in [0, 0.05) is 32.5 Å². The van der Waals surface area contributed by atoms with Crippen LogP contribution in [0.15, 0.2) is 120 Å². The van der Waals surface area contributed by atoms with Crippen LogP contribution < -0.4 is 0 Å². The first-order valence-corrected chi connectivity index (χ1v) is 20.2. The number of aliphatic hydroxyl groups excluding tert-OH is 5. The summed E-state index contributed by atoms with van der Waals surface area (Å²) in [5.41, 5.74) is 1.59. The molecule has 0 bridgehead atoms. The van der Waals surface area contributed by atoms with Gasteiger partial charge < -0.3 is 49.2 Å². The van der Waals surface area contributed by atoms with Crippen LogP contribution in [-0.4, -0.2) is 125 Å². The van der Waals surface area contributed by atoms with Crippen LogP contribution in [0.2, 0.25) is 0 Å². The molecule has 2 aliphatic heterocycles. The Kier molecular flexibility index (Phi) is 23.3. The largest absolute Gasteiger partial charge is 0.461 e. The van der Waals surface area contributed by atoms with Crippen LogP contribution in [-0.2, 0) is 38.1 Å². The zero-order valence-corrected chi connectivity index (χ0v) is 36.2. The molecule has 2 heterocycles. The molecule has 13 nitrogen and oxygen atoms in total. The third-order valence-electron chi connectivity index (χ3n) is 10.4. The van der Waals surface area contributed by atoms with Crippen LogP contribution in [0.3, 0.4) is 0 Å². The molecule has 0 aromatic rings. The molecule has 13 atom stereocenters. The molecule has 1 fully saturated rings. The number of aliphatic hydroxyl groups is 5. The van der Waals surface area contributed by atoms with Gasteiger partial charge in [-0.05, 0) is 64.0 Å². The van der Waals surface area contributed by atoms with E-state index in [0.717, 1.165) is 0 Å². The second-order valence-corrected chi connectivity index (χ2v) is 15.1. The van der Waals surface area contributed by atoms with Gasteiger partial charge in [-0.3, -0.25) is 14.4 Å². The first-order chi connectivity index (χ1) is 28.4. The molecule has 0 spiro atoms. The van der Waals surface area contributed by atoms with Crippen LogP contribution in [0.5, 0.6) is 0 Å². The topological polar surface area (TPSA) is 199 Å². The van der Waals surface area contributed by atoms with E-state index in [1.165, 1.54) is 44.6 Å². The smallest absolute Gasteiger partial charge is 0.309 e. The van der Waals surface area contributed by atoms with Gasteiger partial charge in [-0.2, -0.15) is 0 Å². The number of ether oxygens (including phenoxy) is 5. The van der Waals surface area contributed by atoms with E-state index in [-0.39, 0.29) is 18.6 Å². The van der Waals surface area contributed by atoms with Crippen molar-refractivity contribution in [1.82, 2.24) is 0 Å². The third kappa shape index (κ3) is 17.1. The number of methoxy groups -OCH3 is 2. The molecule has 8 unspecified atom stereocenters. The summed E-state index contributed by atoms with van der Waals surface area (Å²) in [5.74, 6) is -2.90. The van der Waals surface area contributed by atoms with E-state index in [1.54, 1.807) is 121 Å². The zero-order valence-electron chi connectivity index (χ0n) is 36.2. The zero-order chi connectivity index (χ0) is 44.9. The Labute approximate surface area is 355 Å². The van der Waals surface area contributed by atoms with Crippen molar-refractivity contribution in [2.45, 2.75) is 129 Å². The number of carbonyl (C=O) groups is 3. The van der Waals surface area contributed by atoms with Crippen molar-refractivity contribution in [2.75, 3.05) is 14.2 Å². The monoisotopic (exact) mass is 838 g/mol. The quantitative estimate of drug-likeness (QED) is 0.0734. The fraction of sp³-hybridized carbons (Fsp3) is 0.511. The van der Waals surface area contributed by atoms with E-state index in [0.29, 0.717) is 16.7 Å². The molecule has 0 aliphatic carbocycles. The molecule has 0 aromatic carbocycles. The van der Waals surface area contributed by atoms with Crippen molar-refractivity contribution < 1.29 is 63.6 Å². The number of cyclic esters (lactones) is 1. The minimum atomic E-state index is -1.33. The maximum absolute atomic E-state index is 13.1. The van der Waals surface area contributed by atoms with Gasteiger partial charge >= 0.3 is 5.97 Å². The molecule has 2 aliphatic rings. The fourth-order valence-electron chi connectivity index (χ4n) is 6.31. The SMILES string of the molecule is CO[C@@H]1[C@H](O)[C@@H](OC)[C@H](OC(C)C(O)C=CC=CC=CC(=O)C(C)C(O)C(C)C2CC=CC=CC=CC(O)C(=O)C(C)=CC=CC(C)=CC(O)C(C)=CCC(=O)O2)O[C@@H]1C. The van der Waals surface area contributed by atoms with Gasteiger partial charge in [0.25, 0.3) is 0 Å². The fourth-order valence-corrected chi connectivity index (χ4v) is 6.31. The van der Waals surface area contributed by atoms with Crippen LogP contribution in [0.4, 0.5) is 0 Å². The molecule has 0 saturated carbocycles. The predicted molar refractivity (Wildman–Crippen MR) is 229 cm³/mol. The molecular weight excluding hydrogens is 773 g/mol. The molecule has 0 aromatic heterocycles. The molecule has 332 valence electrons. The van der Waals surface area contributed by atoms with Gasteiger partial charge in [0.15, 0.2) is 17.9 Å². The Balaban J connectivity index is 2.11. The maximum atomic E-state index is 13.1. The number of rotatable bonds is 13. The highest BCUT2D eigenvalue weighted by Gasteiger charge is 2.45. The van der Waals surface area contributed by atoms with Crippen LogP contribution in [0.25, 0.3) is 0 Å². The second kappa shape index (κ2) is 26.9. The highest BCUT2D eigenvalue weighted by molar-refractivity contribution is 5.99. The van der Waals surface area contributed by atoms with E-state index in [4.69, 9.17) is 23.7 Å². The second-order valence-electron chi connectivity index (χ2n) is 15.1. The van der Waals surface area contributed by atoms with Crippen molar-refractivity contribution >= 4 is 17.5 Å². The Hall–Kier alpha value is -4.15. The number of allylic oxidation sites excluding steroid dienone is 13. The van der Waals surface area contributed by atoms with Gasteiger partial charge in [0.1, 0.15) is 30.5 Å². The van der Waals surface area contributed by atoms with Crippen molar-refractivity contribution in [3.63, 3.8) is 0 Å². The van der Waals surface area contributed by atoms with Crippen LogP contribution in [0.1, 0.15) is 61.3 Å². The number of ketones is 2. The van der Waals surface area contributed by atoms with Crippen molar-refractivity contribution in [1.29, 1.82) is 0 Å². The van der Waals surface area contributed by atoms with E-state index < -0.39 is 90.9 Å². The van der Waals surface area contributed by atoms with Gasteiger partial charge in [-0.1, -0.05) is 104 Å². The van der Waals surface area contributed by atoms with Crippen molar-refractivity contribution in [2.24, 2.45) is 11.8 Å². The minimum Gasteiger partial charge on any atom is -0.461 e. The number of carbonyl (C=O) groups excluding carboxylic acids is 3. The van der Waals surface area contributed by atoms with E-state index in [2.05, 4.69) is 0 Å². The summed E-state index contributed by atoms with van der Waals surface area (Å²) in [4.78, 5) is 38.7. The Morgan fingerprint density at radius 2 is 1.55 bits per heavy atom. The Morgan fingerprint density at radius 3 is 2.23 bits per heavy atom. The van der Waals surface area contributed by atoms with Gasteiger partial charge in [0.05, 0.1) is 36.9 Å². The lowest BCUT2D eigenvalue weighted by molar-refractivity contribution is -0.314. The lowest BCUT2D eigenvalue weighted by Gasteiger charge is -2.43. The average molecular weight is 839 g/mol. The van der Waals surface area contributed by atoms with Crippen LogP contribution in [0, 0.1) is 11.8 Å². The highest BCUT2D eigenvalue weighted by Crippen LogP contribution is 2.27. The average Bonchev–Trinajstić information content (AvgIpc) is 3.21. The molecule has 0 amide bonds. The molecule has 13 heteroatoms. The molecular formula is C47H66O13. The number of esters is 1. The molecule has 1 saturated heterocycles. The summed E-state index contributed by atoms with van der Waals surface area (Å²) < 4.78 is 28.2. The number of hydrogen-bond acceptors (Lipinski definition) is 13. The summed E-state index contributed by atoms with van der Waals surface area (Å²) in [5, 5.41) is 53.5. The van der Waals surface area contributed by atoms with Crippen LogP contribution >= 0.6 is 0 Å². The van der Waals surface area contributed by atoms with Gasteiger partial charge in [-0.25, -0.2) is 0 Å². The predicted octanol–water partition coefficient (Wildman–Crippen LogP) is 4.82. The summed E-state index contributed by atoms with van der Waals surface area (Å²) in [7, 11) is 2.90. The molecule has 2 rings (SSSR count). The summed E-state index contributed by atoms with van der Waals surface area (Å²) in [6.07, 6.45) is 17.1. The van der Waals surface area contributed by atoms with E-state index in [9.17, 15) is 39.9 Å². The maximum Gasteiger partial charge on any atom is 0.309 e. The van der Waals surface area contributed by atoms with Gasteiger partial charge in [0.2, 0.25) is 0 Å². The van der Waals surface area contributed by atoms with Crippen molar-refractivity contribution in [3.8, 4) is 0 Å². The highest BCUT2D eigenvalue weighted by atomic mass is 16.7. The first-order valence-electron chi connectivity index (χ1n) is 20.2. The van der Waals surface area contributed by atoms with E-state index in [1.807, 2.05) is 0 Å². The molecule has 60 heavy (non-hydrogen) atoms. The first kappa shape index (κ1) is 52.0. The van der Waals surface area contributed by atoms with E-state index >= 15 is 0 Å². The molecule has 5 N–H and O–H groups in total. The lowest BCUT2D eigenvalue weighted by Crippen LogP contribution is -2.59. The number of hydrogen-bond donors (Lipinski definition) is 5. The minimum absolute atomic E-state index is 0.130. The standard InChI is InChI=1S/C47H66O13/c1-29-20-19-21-31(3)42(53)38(50)24-17-11-10-12-18-25-40(60-41(52)27-26-30(2)39(51)28-29)33(5)43(54)32(4)36(48)22-15-13-14-16-23-37(49)34(6)58-47-46(57-9)44(55)45(56-8)35(7)59-47/h10-24,26,28,32-35,37-40,43-47,49-51,54-55H,25,27H2,1-9H3/t32?,33?,34?,35-,37?,38?,39?,40?,43?,44+,45+,46-,47-/m1/s1. The summed E-state index contributed by atoms with van der Waals surface area (Å²) in [6, 6.07) is 0. The van der Waals surface area contributed by atoms with Crippen molar-refractivity contribution in [3.05, 3.63) is 120 Å². The third-order valence-corrected chi connectivity index (χ3v) is 10.4. The normalized spacial score (nSPS) is 29.6. The van der Waals surface area contributed by atoms with Gasteiger partial charge in [-0.15, -0.1) is 0 Å².